The Balaban J connectivity index is 1.49. The molecule has 0 amide bonds. The summed E-state index contributed by atoms with van der Waals surface area (Å²) in [6.07, 6.45) is 0.776. The van der Waals surface area contributed by atoms with E-state index < -0.39 is 0 Å². The van der Waals surface area contributed by atoms with E-state index in [4.69, 9.17) is 18.9 Å². The summed E-state index contributed by atoms with van der Waals surface area (Å²) >= 11 is 0. The molecule has 4 rings (SSSR count). The molecule has 0 saturated carbocycles. The normalized spacial score (nSPS) is 54.8. The van der Waals surface area contributed by atoms with Gasteiger partial charge in [0.25, 0.3) is 0 Å². The summed E-state index contributed by atoms with van der Waals surface area (Å²) in [6, 6.07) is 0. The summed E-state index contributed by atoms with van der Waals surface area (Å²) in [5.41, 5.74) is 0. The predicted octanol–water partition coefficient (Wildman–Crippen LogP) is -0.517. The topological polar surface area (TPSA) is 57.3 Å². The lowest BCUT2D eigenvalue weighted by Gasteiger charge is -2.21. The van der Waals surface area contributed by atoms with Gasteiger partial charge in [0.05, 0.1) is 25.2 Å². The first-order chi connectivity index (χ1) is 7.33. The molecule has 6 atom stereocenters. The van der Waals surface area contributed by atoms with E-state index in [1.807, 2.05) is 0 Å². The van der Waals surface area contributed by atoms with E-state index in [2.05, 4.69) is 0 Å². The molecule has 0 N–H and O–H groups in total. The van der Waals surface area contributed by atoms with Crippen molar-refractivity contribution in [2.75, 3.05) is 13.2 Å². The molecule has 15 heavy (non-hydrogen) atoms. The van der Waals surface area contributed by atoms with Crippen LogP contribution in [0.5, 0.6) is 0 Å². The van der Waals surface area contributed by atoms with Crippen LogP contribution in [-0.2, 0) is 23.7 Å². The molecule has 4 aliphatic heterocycles. The van der Waals surface area contributed by atoms with Crippen molar-refractivity contribution in [1.82, 2.24) is 0 Å². The molecule has 0 aromatic carbocycles. The van der Waals surface area contributed by atoms with Crippen LogP contribution >= 0.6 is 0 Å². The Hall–Kier alpha value is -0.650. The van der Waals surface area contributed by atoms with Crippen molar-refractivity contribution in [3.8, 4) is 0 Å². The molecular weight excluding hydrogens is 200 g/mol. The molecular formula is C10H12O5. The quantitative estimate of drug-likeness (QED) is 0.465. The molecule has 2 bridgehead atoms. The Labute approximate surface area is 86.6 Å². The maximum atomic E-state index is 11.4. The maximum absolute atomic E-state index is 11.4. The van der Waals surface area contributed by atoms with Crippen LogP contribution in [0.3, 0.4) is 0 Å². The van der Waals surface area contributed by atoms with Crippen LogP contribution in [0.4, 0.5) is 0 Å². The second-order valence-corrected chi connectivity index (χ2v) is 4.64. The van der Waals surface area contributed by atoms with Crippen molar-refractivity contribution >= 4 is 5.97 Å². The van der Waals surface area contributed by atoms with E-state index in [0.29, 0.717) is 6.61 Å². The molecule has 5 heteroatoms. The van der Waals surface area contributed by atoms with Gasteiger partial charge in [-0.25, -0.2) is 0 Å². The molecule has 4 aliphatic rings. The zero-order valence-corrected chi connectivity index (χ0v) is 8.13. The number of carbonyl (C=O) groups is 1. The lowest BCUT2D eigenvalue weighted by Crippen LogP contribution is -2.39. The molecule has 4 heterocycles. The number of carbonyl (C=O) groups excluding carboxylic acids is 1. The molecule has 0 aromatic rings. The first kappa shape index (κ1) is 8.50. The van der Waals surface area contributed by atoms with Gasteiger partial charge in [-0.3, -0.25) is 4.79 Å². The summed E-state index contributed by atoms with van der Waals surface area (Å²) in [6.45, 7) is 1.38. The third-order valence-corrected chi connectivity index (χ3v) is 3.66. The number of esters is 1. The highest BCUT2D eigenvalue weighted by atomic mass is 16.7. The van der Waals surface area contributed by atoms with Crippen LogP contribution in [0.1, 0.15) is 6.42 Å². The Morgan fingerprint density at radius 3 is 3.07 bits per heavy atom. The zero-order valence-electron chi connectivity index (χ0n) is 8.13. The van der Waals surface area contributed by atoms with Gasteiger partial charge in [-0.15, -0.1) is 0 Å². The molecule has 0 aromatic heterocycles. The van der Waals surface area contributed by atoms with E-state index in [0.717, 1.165) is 13.0 Å². The Bertz CT molecular complexity index is 313. The molecule has 6 unspecified atom stereocenters. The zero-order chi connectivity index (χ0) is 9.99. The Morgan fingerprint density at radius 1 is 1.40 bits per heavy atom. The van der Waals surface area contributed by atoms with Crippen LogP contribution in [-0.4, -0.2) is 49.7 Å². The van der Waals surface area contributed by atoms with Crippen molar-refractivity contribution in [3.05, 3.63) is 0 Å². The molecule has 4 fully saturated rings. The molecule has 4 saturated heterocycles. The van der Waals surface area contributed by atoms with E-state index >= 15 is 0 Å². The van der Waals surface area contributed by atoms with Gasteiger partial charge in [0.15, 0.2) is 6.10 Å². The smallest absolute Gasteiger partial charge is 0.312 e. The first-order valence-electron chi connectivity index (χ1n) is 5.42. The molecule has 5 nitrogen and oxygen atoms in total. The highest BCUT2D eigenvalue weighted by Crippen LogP contribution is 2.47. The van der Waals surface area contributed by atoms with Crippen molar-refractivity contribution in [3.63, 3.8) is 0 Å². The van der Waals surface area contributed by atoms with Crippen molar-refractivity contribution in [1.29, 1.82) is 0 Å². The number of hydrogen-bond donors (Lipinski definition) is 0. The number of rotatable bonds is 3. The van der Waals surface area contributed by atoms with Crippen LogP contribution < -0.4 is 0 Å². The fraction of sp³-hybridized carbons (Fsp3) is 0.900. The Kier molecular flexibility index (Phi) is 1.54. The average Bonchev–Trinajstić information content (AvgIpc) is 2.79. The average molecular weight is 212 g/mol. The van der Waals surface area contributed by atoms with Crippen molar-refractivity contribution in [2.45, 2.75) is 36.9 Å². The SMILES string of the molecule is O=C1OC2C(OCC3CO3)C3CC1C2O3. The van der Waals surface area contributed by atoms with Crippen LogP contribution in [0.2, 0.25) is 0 Å². The van der Waals surface area contributed by atoms with Crippen LogP contribution in [0.15, 0.2) is 0 Å². The third kappa shape index (κ3) is 1.11. The van der Waals surface area contributed by atoms with Crippen molar-refractivity contribution in [2.24, 2.45) is 5.92 Å². The van der Waals surface area contributed by atoms with E-state index in [1.54, 1.807) is 0 Å². The van der Waals surface area contributed by atoms with Crippen molar-refractivity contribution < 1.29 is 23.7 Å². The van der Waals surface area contributed by atoms with Crippen LogP contribution in [0.25, 0.3) is 0 Å². The lowest BCUT2D eigenvalue weighted by molar-refractivity contribution is -0.147. The van der Waals surface area contributed by atoms with Gasteiger partial charge in [0, 0.05) is 0 Å². The first-order valence-corrected chi connectivity index (χ1v) is 5.42. The van der Waals surface area contributed by atoms with Gasteiger partial charge in [-0.05, 0) is 6.42 Å². The summed E-state index contributed by atoms with van der Waals surface area (Å²) in [5, 5.41) is 0. The summed E-state index contributed by atoms with van der Waals surface area (Å²) < 4.78 is 21.7. The monoisotopic (exact) mass is 212 g/mol. The van der Waals surface area contributed by atoms with Gasteiger partial charge >= 0.3 is 5.97 Å². The number of hydrogen-bond acceptors (Lipinski definition) is 5. The second-order valence-electron chi connectivity index (χ2n) is 4.64. The van der Waals surface area contributed by atoms with Gasteiger partial charge < -0.3 is 18.9 Å². The minimum atomic E-state index is -0.167. The fourth-order valence-corrected chi connectivity index (χ4v) is 2.82. The fourth-order valence-electron chi connectivity index (χ4n) is 2.82. The van der Waals surface area contributed by atoms with E-state index in [1.165, 1.54) is 0 Å². The third-order valence-electron chi connectivity index (χ3n) is 3.66. The largest absolute Gasteiger partial charge is 0.456 e. The predicted molar refractivity (Wildman–Crippen MR) is 46.1 cm³/mol. The second kappa shape index (κ2) is 2.72. The van der Waals surface area contributed by atoms with Gasteiger partial charge in [-0.2, -0.15) is 0 Å². The highest BCUT2D eigenvalue weighted by molar-refractivity contribution is 5.77. The number of epoxide rings is 1. The standard InChI is InChI=1S/C10H12O5/c11-10-5-1-6-8(13-3-4-2-12-4)9(15-10)7(5)14-6/h4-9H,1-3H2. The lowest BCUT2D eigenvalue weighted by atomic mass is 9.88. The molecule has 0 spiro atoms. The minimum absolute atomic E-state index is 0.0305. The molecule has 0 aliphatic carbocycles. The van der Waals surface area contributed by atoms with E-state index in [-0.39, 0.29) is 42.4 Å². The number of ether oxygens (including phenoxy) is 4. The number of fused-ring (bicyclic) bond motifs is 1. The summed E-state index contributed by atoms with van der Waals surface area (Å²) in [5.74, 6) is -0.140. The Morgan fingerprint density at radius 2 is 2.27 bits per heavy atom. The van der Waals surface area contributed by atoms with E-state index in [9.17, 15) is 4.79 Å². The van der Waals surface area contributed by atoms with Gasteiger partial charge in [0.1, 0.15) is 18.3 Å². The molecule has 0 radical (unpaired) electrons. The van der Waals surface area contributed by atoms with Gasteiger partial charge in [0.2, 0.25) is 0 Å². The molecule has 82 valence electrons. The summed E-state index contributed by atoms with van der Waals surface area (Å²) in [7, 11) is 0. The van der Waals surface area contributed by atoms with Crippen LogP contribution in [0, 0.1) is 5.92 Å². The van der Waals surface area contributed by atoms with Gasteiger partial charge in [-0.1, -0.05) is 0 Å². The minimum Gasteiger partial charge on any atom is -0.456 e. The maximum Gasteiger partial charge on any atom is 0.312 e. The summed E-state index contributed by atoms with van der Waals surface area (Å²) in [4.78, 5) is 11.4. The highest BCUT2D eigenvalue weighted by Gasteiger charge is 2.64.